The molecule has 0 aliphatic rings. The maximum absolute atomic E-state index is 11.5. The lowest BCUT2D eigenvalue weighted by atomic mass is 10.1. The van der Waals surface area contributed by atoms with Crippen LogP contribution in [0.4, 0.5) is 0 Å². The maximum Gasteiger partial charge on any atom is 0.251 e. The average molecular weight is 224 g/mol. The Kier molecular flexibility index (Phi) is 4.17. The van der Waals surface area contributed by atoms with Crippen molar-refractivity contribution in [1.29, 1.82) is 0 Å². The van der Waals surface area contributed by atoms with Gasteiger partial charge in [-0.25, -0.2) is 0 Å². The molecule has 2 amide bonds. The van der Waals surface area contributed by atoms with Crippen molar-refractivity contribution in [2.45, 2.75) is 0 Å². The summed E-state index contributed by atoms with van der Waals surface area (Å²) >= 11 is 3.97. The van der Waals surface area contributed by atoms with E-state index in [9.17, 15) is 9.59 Å². The van der Waals surface area contributed by atoms with E-state index in [1.54, 1.807) is 18.2 Å². The number of nitrogens with two attached hydrogens (primary N) is 1. The lowest BCUT2D eigenvalue weighted by Gasteiger charge is -2.03. The van der Waals surface area contributed by atoms with Crippen LogP contribution in [0.25, 0.3) is 0 Å². The van der Waals surface area contributed by atoms with Crippen LogP contribution < -0.4 is 11.1 Å². The van der Waals surface area contributed by atoms with Gasteiger partial charge in [-0.3, -0.25) is 9.59 Å². The Hall–Kier alpha value is -1.49. The zero-order valence-electron chi connectivity index (χ0n) is 8.06. The quantitative estimate of drug-likeness (QED) is 0.649. The smallest absolute Gasteiger partial charge is 0.251 e. The monoisotopic (exact) mass is 224 g/mol. The minimum absolute atomic E-state index is 0.229. The standard InChI is InChI=1S/C10H12N2O2S/c11-9(13)7-2-1-3-8(6-7)10(14)12-4-5-15/h1-3,6,15H,4-5H2,(H2,11,13)(H,12,14). The third-order valence-corrected chi connectivity index (χ3v) is 2.03. The summed E-state index contributed by atoms with van der Waals surface area (Å²) in [4.78, 5) is 22.3. The van der Waals surface area contributed by atoms with Gasteiger partial charge in [0.2, 0.25) is 5.91 Å². The van der Waals surface area contributed by atoms with E-state index in [4.69, 9.17) is 5.73 Å². The largest absolute Gasteiger partial charge is 0.366 e. The molecule has 0 saturated carbocycles. The van der Waals surface area contributed by atoms with Crippen LogP contribution in [0.15, 0.2) is 24.3 Å². The van der Waals surface area contributed by atoms with Crippen molar-refractivity contribution in [1.82, 2.24) is 5.32 Å². The lowest BCUT2D eigenvalue weighted by Crippen LogP contribution is -2.25. The first kappa shape index (κ1) is 11.6. The summed E-state index contributed by atoms with van der Waals surface area (Å²) < 4.78 is 0. The van der Waals surface area contributed by atoms with Crippen molar-refractivity contribution in [3.05, 3.63) is 35.4 Å². The molecule has 0 radical (unpaired) electrons. The molecule has 1 aromatic carbocycles. The predicted molar refractivity (Wildman–Crippen MR) is 61.1 cm³/mol. The van der Waals surface area contributed by atoms with Gasteiger partial charge in [0.25, 0.3) is 5.91 Å². The van der Waals surface area contributed by atoms with Crippen LogP contribution in [0.2, 0.25) is 0 Å². The zero-order valence-corrected chi connectivity index (χ0v) is 8.96. The summed E-state index contributed by atoms with van der Waals surface area (Å²) in [6.07, 6.45) is 0. The Morgan fingerprint density at radius 2 is 2.00 bits per heavy atom. The van der Waals surface area contributed by atoms with E-state index >= 15 is 0 Å². The summed E-state index contributed by atoms with van der Waals surface area (Å²) in [5.41, 5.74) is 5.85. The minimum atomic E-state index is -0.543. The van der Waals surface area contributed by atoms with Gasteiger partial charge in [-0.05, 0) is 18.2 Å². The Morgan fingerprint density at radius 3 is 2.60 bits per heavy atom. The molecule has 1 aromatic rings. The van der Waals surface area contributed by atoms with Crippen molar-refractivity contribution in [3.63, 3.8) is 0 Å². The summed E-state index contributed by atoms with van der Waals surface area (Å²) in [6, 6.07) is 6.28. The Labute approximate surface area is 93.3 Å². The van der Waals surface area contributed by atoms with Gasteiger partial charge in [-0.15, -0.1) is 0 Å². The van der Waals surface area contributed by atoms with Gasteiger partial charge in [-0.1, -0.05) is 6.07 Å². The van der Waals surface area contributed by atoms with Crippen LogP contribution >= 0.6 is 12.6 Å². The Bertz CT molecular complexity index is 379. The molecule has 0 saturated heterocycles. The van der Waals surface area contributed by atoms with Crippen molar-refractivity contribution in [2.24, 2.45) is 5.73 Å². The van der Waals surface area contributed by atoms with Crippen LogP contribution in [0.5, 0.6) is 0 Å². The molecular weight excluding hydrogens is 212 g/mol. The first-order chi connectivity index (χ1) is 7.15. The number of amides is 2. The highest BCUT2D eigenvalue weighted by Gasteiger charge is 2.07. The molecule has 0 aliphatic carbocycles. The van der Waals surface area contributed by atoms with Gasteiger partial charge in [0.1, 0.15) is 0 Å². The van der Waals surface area contributed by atoms with Crippen molar-refractivity contribution >= 4 is 24.4 Å². The molecule has 0 spiro atoms. The first-order valence-corrected chi connectivity index (χ1v) is 5.07. The highest BCUT2D eigenvalue weighted by Crippen LogP contribution is 2.04. The third-order valence-electron chi connectivity index (χ3n) is 1.81. The fourth-order valence-corrected chi connectivity index (χ4v) is 1.20. The topological polar surface area (TPSA) is 72.2 Å². The molecule has 4 nitrogen and oxygen atoms in total. The van der Waals surface area contributed by atoms with Crippen molar-refractivity contribution in [3.8, 4) is 0 Å². The van der Waals surface area contributed by atoms with E-state index < -0.39 is 5.91 Å². The highest BCUT2D eigenvalue weighted by molar-refractivity contribution is 7.80. The Morgan fingerprint density at radius 1 is 1.33 bits per heavy atom. The van der Waals surface area contributed by atoms with Crippen LogP contribution in [-0.2, 0) is 0 Å². The molecule has 5 heteroatoms. The second-order valence-corrected chi connectivity index (χ2v) is 3.37. The number of primary amides is 1. The second-order valence-electron chi connectivity index (χ2n) is 2.92. The zero-order chi connectivity index (χ0) is 11.3. The highest BCUT2D eigenvalue weighted by atomic mass is 32.1. The lowest BCUT2D eigenvalue weighted by molar-refractivity contribution is 0.0956. The van der Waals surface area contributed by atoms with Gasteiger partial charge < -0.3 is 11.1 Å². The predicted octanol–water partition coefficient (Wildman–Crippen LogP) is 0.445. The molecule has 1 rings (SSSR count). The summed E-state index contributed by atoms with van der Waals surface area (Å²) in [5.74, 6) is -0.202. The van der Waals surface area contributed by atoms with E-state index in [1.807, 2.05) is 0 Å². The van der Waals surface area contributed by atoms with Crippen molar-refractivity contribution < 1.29 is 9.59 Å². The maximum atomic E-state index is 11.5. The number of hydrogen-bond acceptors (Lipinski definition) is 3. The van der Waals surface area contributed by atoms with E-state index in [-0.39, 0.29) is 5.91 Å². The summed E-state index contributed by atoms with van der Waals surface area (Å²) in [5, 5.41) is 2.65. The van der Waals surface area contributed by atoms with Crippen LogP contribution in [0.3, 0.4) is 0 Å². The molecular formula is C10H12N2O2S. The first-order valence-electron chi connectivity index (χ1n) is 4.44. The molecule has 0 bridgehead atoms. The van der Waals surface area contributed by atoms with E-state index in [2.05, 4.69) is 17.9 Å². The number of carbonyl (C=O) groups is 2. The number of benzene rings is 1. The molecule has 0 aliphatic heterocycles. The number of thiol groups is 1. The third kappa shape index (κ3) is 3.28. The van der Waals surface area contributed by atoms with E-state index in [1.165, 1.54) is 6.07 Å². The number of rotatable bonds is 4. The molecule has 0 atom stereocenters. The normalized spacial score (nSPS) is 9.67. The van der Waals surface area contributed by atoms with Gasteiger partial charge in [0.15, 0.2) is 0 Å². The number of hydrogen-bond donors (Lipinski definition) is 3. The number of nitrogens with one attached hydrogen (secondary N) is 1. The fraction of sp³-hybridized carbons (Fsp3) is 0.200. The summed E-state index contributed by atoms with van der Waals surface area (Å²) in [7, 11) is 0. The molecule has 3 N–H and O–H groups in total. The molecule has 0 unspecified atom stereocenters. The van der Waals surface area contributed by atoms with Crippen LogP contribution in [0, 0.1) is 0 Å². The molecule has 80 valence electrons. The van der Waals surface area contributed by atoms with Crippen molar-refractivity contribution in [2.75, 3.05) is 12.3 Å². The molecule has 0 fully saturated rings. The molecule has 0 aromatic heterocycles. The van der Waals surface area contributed by atoms with E-state index in [0.717, 1.165) is 0 Å². The molecule has 15 heavy (non-hydrogen) atoms. The van der Waals surface area contributed by atoms with Gasteiger partial charge in [0.05, 0.1) is 0 Å². The van der Waals surface area contributed by atoms with Gasteiger partial charge in [0, 0.05) is 23.4 Å². The summed E-state index contributed by atoms with van der Waals surface area (Å²) in [6.45, 7) is 0.489. The SMILES string of the molecule is NC(=O)c1cccc(C(=O)NCCS)c1. The fourth-order valence-electron chi connectivity index (χ4n) is 1.09. The second kappa shape index (κ2) is 5.41. The van der Waals surface area contributed by atoms with E-state index in [0.29, 0.717) is 23.4 Å². The Balaban J connectivity index is 2.81. The van der Waals surface area contributed by atoms with Crippen LogP contribution in [-0.4, -0.2) is 24.1 Å². The number of carbonyl (C=O) groups excluding carboxylic acids is 2. The van der Waals surface area contributed by atoms with Gasteiger partial charge in [-0.2, -0.15) is 12.6 Å². The van der Waals surface area contributed by atoms with Gasteiger partial charge >= 0.3 is 0 Å². The minimum Gasteiger partial charge on any atom is -0.366 e. The van der Waals surface area contributed by atoms with Crippen LogP contribution in [0.1, 0.15) is 20.7 Å². The average Bonchev–Trinajstić information content (AvgIpc) is 2.26. The molecule has 0 heterocycles.